The first kappa shape index (κ1) is 31.0. The summed E-state index contributed by atoms with van der Waals surface area (Å²) in [6.07, 6.45) is 8.88. The second-order valence-corrected chi connectivity index (χ2v) is 10.9. The molecule has 0 spiro atoms. The number of carbonyl (C=O) groups excluding carboxylic acids is 4. The van der Waals surface area contributed by atoms with Gasteiger partial charge in [-0.1, -0.05) is 64.0 Å². The molecule has 2 amide bonds. The van der Waals surface area contributed by atoms with Gasteiger partial charge in [-0.15, -0.1) is 0 Å². The Kier molecular flexibility index (Phi) is 11.0. The largest absolute Gasteiger partial charge is 0.460 e. The zero-order valence-corrected chi connectivity index (χ0v) is 24.0. The smallest absolute Gasteiger partial charge is 0.329 e. The van der Waals surface area contributed by atoms with Crippen LogP contribution in [0.2, 0.25) is 0 Å². The Bertz CT molecular complexity index is 1170. The molecule has 2 N–H and O–H groups in total. The molecule has 1 fully saturated rings. The van der Waals surface area contributed by atoms with Gasteiger partial charge in [0.1, 0.15) is 24.2 Å². The molecular formula is C30H41N3O7. The highest BCUT2D eigenvalue weighted by Gasteiger charge is 2.44. The first-order valence-electron chi connectivity index (χ1n) is 14.0. The van der Waals surface area contributed by atoms with Crippen molar-refractivity contribution in [2.24, 2.45) is 17.8 Å². The number of nitrogens with zero attached hydrogens (tertiary/aromatic N) is 2. The van der Waals surface area contributed by atoms with Gasteiger partial charge >= 0.3 is 5.97 Å². The van der Waals surface area contributed by atoms with Crippen molar-refractivity contribution in [1.82, 2.24) is 15.2 Å². The number of allylic oxidation sites excluding steroid dienone is 2. The first-order valence-corrected chi connectivity index (χ1v) is 14.0. The number of rotatable bonds is 2. The molecule has 2 bridgehead atoms. The number of aliphatic hydroxyl groups is 1. The van der Waals surface area contributed by atoms with Crippen LogP contribution < -0.4 is 5.32 Å². The number of hydrogen-bond donors (Lipinski definition) is 2. The third kappa shape index (κ3) is 8.24. The van der Waals surface area contributed by atoms with Crippen LogP contribution >= 0.6 is 0 Å². The van der Waals surface area contributed by atoms with Crippen LogP contribution in [0.4, 0.5) is 0 Å². The third-order valence-electron chi connectivity index (χ3n) is 7.31. The number of cyclic esters (lactones) is 1. The zero-order chi connectivity index (χ0) is 29.4. The third-order valence-corrected chi connectivity index (χ3v) is 7.31. The molecule has 1 aromatic rings. The van der Waals surface area contributed by atoms with E-state index in [2.05, 4.69) is 10.3 Å². The molecule has 5 unspecified atom stereocenters. The van der Waals surface area contributed by atoms with Gasteiger partial charge in [0.2, 0.25) is 11.8 Å². The quantitative estimate of drug-likeness (QED) is 0.531. The van der Waals surface area contributed by atoms with E-state index >= 15 is 0 Å². The van der Waals surface area contributed by atoms with Crippen LogP contribution in [0, 0.1) is 17.8 Å². The van der Waals surface area contributed by atoms with Gasteiger partial charge in [0.25, 0.3) is 5.91 Å². The van der Waals surface area contributed by atoms with E-state index in [-0.39, 0.29) is 60.4 Å². The Balaban J connectivity index is 1.91. The van der Waals surface area contributed by atoms with E-state index in [1.807, 2.05) is 27.7 Å². The van der Waals surface area contributed by atoms with Crippen LogP contribution in [0.25, 0.3) is 0 Å². The Labute approximate surface area is 235 Å². The minimum atomic E-state index is -1.01. The standard InChI is InChI=1S/C30H41N3O7/c1-6-21-11-13-33-27(21)30(38)40-28(18(2)3)20(5)9-10-25(36)31-12-7-8-19(4)14-22(34)15-23(35)16-26-32-24(17-39-26)29(33)37/h7-10,14,17-18,20-22,27-28,34H,6,11-13,15-16H2,1-5H3,(H,31,36)/b8-7+,10-9+,19-14+. The van der Waals surface area contributed by atoms with Crippen LogP contribution in [0.1, 0.15) is 70.3 Å². The molecule has 1 saturated heterocycles. The highest BCUT2D eigenvalue weighted by atomic mass is 16.5. The SMILES string of the molecule is CCC1CCN2C(=O)c3coc(n3)CC(=O)CC(O)/C=C(C)/C=C/CNC(=O)/C=C/C(C)C(C(C)C)OC(=O)C12. The summed E-state index contributed by atoms with van der Waals surface area (Å²) in [6.45, 7) is 10.2. The fraction of sp³-hybridized carbons (Fsp3) is 0.567. The summed E-state index contributed by atoms with van der Waals surface area (Å²) in [5.74, 6) is -1.83. The number of aromatic nitrogens is 1. The summed E-state index contributed by atoms with van der Waals surface area (Å²) in [5.41, 5.74) is 0.744. The predicted octanol–water partition coefficient (Wildman–Crippen LogP) is 3.17. The number of oxazole rings is 1. The number of ether oxygens (including phenoxy) is 1. The van der Waals surface area contributed by atoms with Crippen LogP contribution in [-0.4, -0.2) is 69.9 Å². The normalized spacial score (nSPS) is 30.7. The van der Waals surface area contributed by atoms with E-state index in [0.717, 1.165) is 5.57 Å². The van der Waals surface area contributed by atoms with Crippen molar-refractivity contribution in [3.63, 3.8) is 0 Å². The highest BCUT2D eigenvalue weighted by molar-refractivity contribution is 5.95. The van der Waals surface area contributed by atoms with Gasteiger partial charge in [-0.3, -0.25) is 14.4 Å². The van der Waals surface area contributed by atoms with Gasteiger partial charge in [-0.25, -0.2) is 9.78 Å². The molecule has 0 aromatic carbocycles. The fourth-order valence-corrected chi connectivity index (χ4v) is 5.23. The molecule has 0 aliphatic carbocycles. The van der Waals surface area contributed by atoms with E-state index in [4.69, 9.17) is 9.15 Å². The van der Waals surface area contributed by atoms with Crippen LogP contribution in [0.3, 0.4) is 0 Å². The molecule has 1 aromatic heterocycles. The Hall–Kier alpha value is -3.53. The van der Waals surface area contributed by atoms with Gasteiger partial charge in [0.15, 0.2) is 5.69 Å². The maximum absolute atomic E-state index is 13.5. The lowest BCUT2D eigenvalue weighted by molar-refractivity contribution is -0.159. The van der Waals surface area contributed by atoms with Crippen molar-refractivity contribution in [1.29, 1.82) is 0 Å². The number of hydrogen-bond acceptors (Lipinski definition) is 8. The van der Waals surface area contributed by atoms with Gasteiger partial charge < -0.3 is 24.5 Å². The van der Waals surface area contributed by atoms with E-state index in [9.17, 15) is 24.3 Å². The lowest BCUT2D eigenvalue weighted by atomic mass is 9.93. The summed E-state index contributed by atoms with van der Waals surface area (Å²) < 4.78 is 11.4. The Morgan fingerprint density at radius 3 is 2.65 bits per heavy atom. The number of aliphatic hydroxyl groups excluding tert-OH is 1. The van der Waals surface area contributed by atoms with Gasteiger partial charge in [-0.2, -0.15) is 0 Å². The van der Waals surface area contributed by atoms with E-state index in [0.29, 0.717) is 19.4 Å². The molecule has 2 aliphatic heterocycles. The van der Waals surface area contributed by atoms with Crippen molar-refractivity contribution >= 4 is 23.6 Å². The number of Topliss-reactive ketones (excluding diaryl/α,β-unsaturated/α-hetero) is 1. The molecule has 10 nitrogen and oxygen atoms in total. The number of amides is 2. The first-order chi connectivity index (χ1) is 19.0. The number of ketones is 1. The molecule has 0 radical (unpaired) electrons. The minimum absolute atomic E-state index is 0.0138. The van der Waals surface area contributed by atoms with Crippen molar-refractivity contribution in [3.05, 3.63) is 53.8 Å². The zero-order valence-electron chi connectivity index (χ0n) is 24.0. The molecule has 2 aliphatic rings. The summed E-state index contributed by atoms with van der Waals surface area (Å²) in [7, 11) is 0. The minimum Gasteiger partial charge on any atom is -0.460 e. The molecule has 40 heavy (non-hydrogen) atoms. The Morgan fingerprint density at radius 1 is 1.20 bits per heavy atom. The van der Waals surface area contributed by atoms with Gasteiger partial charge in [0.05, 0.1) is 12.5 Å². The molecule has 10 heteroatoms. The van der Waals surface area contributed by atoms with Gasteiger partial charge in [0, 0.05) is 25.4 Å². The molecule has 3 heterocycles. The lowest BCUT2D eigenvalue weighted by Gasteiger charge is -2.31. The number of esters is 1. The average Bonchev–Trinajstić information content (AvgIpc) is 3.54. The highest BCUT2D eigenvalue weighted by Crippen LogP contribution is 2.31. The molecule has 218 valence electrons. The van der Waals surface area contributed by atoms with Crippen LogP contribution in [0.15, 0.2) is 46.6 Å². The Morgan fingerprint density at radius 2 is 1.95 bits per heavy atom. The van der Waals surface area contributed by atoms with Crippen molar-refractivity contribution < 1.29 is 33.4 Å². The van der Waals surface area contributed by atoms with E-state index in [1.54, 1.807) is 31.2 Å². The van der Waals surface area contributed by atoms with Crippen LogP contribution in [0.5, 0.6) is 0 Å². The second-order valence-electron chi connectivity index (χ2n) is 10.9. The second kappa shape index (κ2) is 14.2. The van der Waals surface area contributed by atoms with Crippen molar-refractivity contribution in [3.8, 4) is 0 Å². The lowest BCUT2D eigenvalue weighted by Crippen LogP contribution is -2.46. The maximum Gasteiger partial charge on any atom is 0.329 e. The molecule has 5 atom stereocenters. The van der Waals surface area contributed by atoms with Crippen LogP contribution in [-0.2, 0) is 25.5 Å². The summed E-state index contributed by atoms with van der Waals surface area (Å²) in [5, 5.41) is 13.1. The van der Waals surface area contributed by atoms with E-state index in [1.165, 1.54) is 17.2 Å². The predicted molar refractivity (Wildman–Crippen MR) is 148 cm³/mol. The number of carbonyl (C=O) groups is 4. The van der Waals surface area contributed by atoms with Gasteiger partial charge in [-0.05, 0) is 31.3 Å². The van der Waals surface area contributed by atoms with Crippen molar-refractivity contribution in [2.45, 2.75) is 78.6 Å². The maximum atomic E-state index is 13.5. The van der Waals surface area contributed by atoms with E-state index < -0.39 is 30.1 Å². The monoisotopic (exact) mass is 555 g/mol. The molecular weight excluding hydrogens is 514 g/mol. The topological polar surface area (TPSA) is 139 Å². The fourth-order valence-electron chi connectivity index (χ4n) is 5.23. The summed E-state index contributed by atoms with van der Waals surface area (Å²) in [4.78, 5) is 57.5. The summed E-state index contributed by atoms with van der Waals surface area (Å²) in [6, 6.07) is -0.779. The number of fused-ring (bicyclic) bond motifs is 3. The molecule has 3 rings (SSSR count). The van der Waals surface area contributed by atoms with Crippen molar-refractivity contribution in [2.75, 3.05) is 13.1 Å². The summed E-state index contributed by atoms with van der Waals surface area (Å²) >= 11 is 0. The molecule has 0 saturated carbocycles. The average molecular weight is 556 g/mol. The number of nitrogens with one attached hydrogen (secondary N) is 1.